The Morgan fingerprint density at radius 1 is 1.38 bits per heavy atom. The lowest BCUT2D eigenvalue weighted by Crippen LogP contribution is -2.30. The molecule has 0 spiro atoms. The van der Waals surface area contributed by atoms with Crippen molar-refractivity contribution in [3.63, 3.8) is 0 Å². The van der Waals surface area contributed by atoms with E-state index in [9.17, 15) is 4.79 Å². The second-order valence-electron chi connectivity index (χ2n) is 5.70. The fourth-order valence-corrected chi connectivity index (χ4v) is 3.79. The average molecular weight is 366 g/mol. The van der Waals surface area contributed by atoms with Crippen LogP contribution < -0.4 is 10.2 Å². The van der Waals surface area contributed by atoms with E-state index in [1.807, 2.05) is 12.1 Å². The zero-order valence-electron chi connectivity index (χ0n) is 13.5. The maximum absolute atomic E-state index is 11.9. The van der Waals surface area contributed by atoms with Gasteiger partial charge in [0, 0.05) is 24.2 Å². The van der Waals surface area contributed by atoms with Crippen LogP contribution in [0.3, 0.4) is 0 Å². The molecule has 1 aliphatic rings. The molecule has 128 valence electrons. The van der Waals surface area contributed by atoms with Gasteiger partial charge in [0.1, 0.15) is 0 Å². The molecule has 0 aliphatic carbocycles. The van der Waals surface area contributed by atoms with Crippen molar-refractivity contribution in [2.75, 3.05) is 30.4 Å². The molecular formula is C17H20ClN3O2S. The van der Waals surface area contributed by atoms with E-state index in [0.717, 1.165) is 29.3 Å². The number of methoxy groups -OCH3 is 1. The number of rotatable bonds is 5. The first kappa shape index (κ1) is 17.0. The first-order valence-corrected chi connectivity index (χ1v) is 9.18. The summed E-state index contributed by atoms with van der Waals surface area (Å²) in [6, 6.07) is 5.65. The van der Waals surface area contributed by atoms with E-state index in [-0.39, 0.29) is 5.97 Å². The van der Waals surface area contributed by atoms with Gasteiger partial charge in [0.25, 0.3) is 0 Å². The van der Waals surface area contributed by atoms with Gasteiger partial charge < -0.3 is 15.0 Å². The van der Waals surface area contributed by atoms with Gasteiger partial charge in [0.15, 0.2) is 4.47 Å². The number of thiazole rings is 1. The number of anilines is 2. The number of esters is 1. The maximum Gasteiger partial charge on any atom is 0.337 e. The fraction of sp³-hybridized carbons (Fsp3) is 0.412. The van der Waals surface area contributed by atoms with Crippen LogP contribution in [0, 0.1) is 0 Å². The number of aromatic nitrogens is 1. The number of halogens is 1. The smallest absolute Gasteiger partial charge is 0.337 e. The lowest BCUT2D eigenvalue weighted by molar-refractivity contribution is 0.0601. The molecule has 0 atom stereocenters. The lowest BCUT2D eigenvalue weighted by Gasteiger charge is -2.31. The first-order chi connectivity index (χ1) is 11.7. The van der Waals surface area contributed by atoms with Crippen LogP contribution in [0.4, 0.5) is 11.4 Å². The van der Waals surface area contributed by atoms with Crippen LogP contribution in [0.15, 0.2) is 24.4 Å². The highest BCUT2D eigenvalue weighted by atomic mass is 35.5. The van der Waals surface area contributed by atoms with Crippen LogP contribution in [-0.4, -0.2) is 31.2 Å². The molecule has 1 saturated heterocycles. The van der Waals surface area contributed by atoms with Gasteiger partial charge in [0.2, 0.25) is 0 Å². The summed E-state index contributed by atoms with van der Waals surface area (Å²) in [5, 5.41) is 3.44. The zero-order chi connectivity index (χ0) is 16.9. The Morgan fingerprint density at radius 3 is 2.83 bits per heavy atom. The van der Waals surface area contributed by atoms with E-state index in [0.29, 0.717) is 16.6 Å². The SMILES string of the molecule is COC(=O)c1ccc(NCc2cnc(Cl)s2)c(N2CCCCC2)c1. The van der Waals surface area contributed by atoms with Crippen LogP contribution in [0.2, 0.25) is 4.47 Å². The Kier molecular flexibility index (Phi) is 5.58. The molecular weight excluding hydrogens is 346 g/mol. The number of hydrogen-bond acceptors (Lipinski definition) is 6. The molecule has 7 heteroatoms. The second kappa shape index (κ2) is 7.85. The summed E-state index contributed by atoms with van der Waals surface area (Å²) < 4.78 is 5.40. The van der Waals surface area contributed by atoms with Gasteiger partial charge in [0.05, 0.1) is 30.6 Å². The summed E-state index contributed by atoms with van der Waals surface area (Å²) in [6.45, 7) is 2.67. The molecule has 0 radical (unpaired) electrons. The minimum absolute atomic E-state index is 0.311. The minimum atomic E-state index is -0.311. The third-order valence-electron chi connectivity index (χ3n) is 4.09. The van der Waals surface area contributed by atoms with Crippen LogP contribution >= 0.6 is 22.9 Å². The maximum atomic E-state index is 11.9. The van der Waals surface area contributed by atoms with Crippen LogP contribution in [0.1, 0.15) is 34.5 Å². The van der Waals surface area contributed by atoms with Crippen molar-refractivity contribution in [1.82, 2.24) is 4.98 Å². The van der Waals surface area contributed by atoms with Gasteiger partial charge >= 0.3 is 5.97 Å². The molecule has 0 unspecified atom stereocenters. The van der Waals surface area contributed by atoms with Crippen molar-refractivity contribution >= 4 is 40.3 Å². The highest BCUT2D eigenvalue weighted by Crippen LogP contribution is 2.31. The Morgan fingerprint density at radius 2 is 2.17 bits per heavy atom. The van der Waals surface area contributed by atoms with E-state index in [1.165, 1.54) is 37.7 Å². The molecule has 1 aromatic heterocycles. The number of benzene rings is 1. The van der Waals surface area contributed by atoms with E-state index in [4.69, 9.17) is 16.3 Å². The van der Waals surface area contributed by atoms with Gasteiger partial charge in [-0.05, 0) is 37.5 Å². The largest absolute Gasteiger partial charge is 0.465 e. The highest BCUT2D eigenvalue weighted by Gasteiger charge is 2.17. The summed E-state index contributed by atoms with van der Waals surface area (Å²) in [7, 11) is 1.41. The van der Waals surface area contributed by atoms with Gasteiger partial charge in [-0.2, -0.15) is 0 Å². The summed E-state index contributed by atoms with van der Waals surface area (Å²) in [5.74, 6) is -0.311. The van der Waals surface area contributed by atoms with Crippen molar-refractivity contribution in [2.45, 2.75) is 25.8 Å². The third kappa shape index (κ3) is 3.99. The van der Waals surface area contributed by atoms with Crippen LogP contribution in [0.25, 0.3) is 0 Å². The van der Waals surface area contributed by atoms with E-state index >= 15 is 0 Å². The Hall–Kier alpha value is -1.79. The fourth-order valence-electron chi connectivity index (χ4n) is 2.87. The average Bonchev–Trinajstić information content (AvgIpc) is 3.05. The topological polar surface area (TPSA) is 54.5 Å². The van der Waals surface area contributed by atoms with Gasteiger partial charge in [-0.25, -0.2) is 9.78 Å². The zero-order valence-corrected chi connectivity index (χ0v) is 15.1. The molecule has 0 amide bonds. The number of piperidine rings is 1. The summed E-state index contributed by atoms with van der Waals surface area (Å²) in [5.41, 5.74) is 2.63. The van der Waals surface area contributed by atoms with Crippen LogP contribution in [0.5, 0.6) is 0 Å². The van der Waals surface area contributed by atoms with Crippen molar-refractivity contribution in [2.24, 2.45) is 0 Å². The monoisotopic (exact) mass is 365 g/mol. The molecule has 1 aliphatic heterocycles. The first-order valence-electron chi connectivity index (χ1n) is 7.99. The number of nitrogens with one attached hydrogen (secondary N) is 1. The third-order valence-corrected chi connectivity index (χ3v) is 5.21. The molecule has 1 aromatic carbocycles. The van der Waals surface area contributed by atoms with Gasteiger partial charge in [-0.1, -0.05) is 11.6 Å². The van der Waals surface area contributed by atoms with E-state index < -0.39 is 0 Å². The quantitative estimate of drug-likeness (QED) is 0.805. The van der Waals surface area contributed by atoms with Crippen molar-refractivity contribution < 1.29 is 9.53 Å². The normalized spacial score (nSPS) is 14.5. The molecule has 0 saturated carbocycles. The summed E-state index contributed by atoms with van der Waals surface area (Å²) in [6.07, 6.45) is 5.39. The van der Waals surface area contributed by atoms with E-state index in [1.54, 1.807) is 12.3 Å². The summed E-state index contributed by atoms with van der Waals surface area (Å²) in [4.78, 5) is 19.3. The Bertz CT molecular complexity index is 714. The number of carbonyl (C=O) groups excluding carboxylic acids is 1. The minimum Gasteiger partial charge on any atom is -0.465 e. The van der Waals surface area contributed by atoms with Crippen molar-refractivity contribution in [3.8, 4) is 0 Å². The van der Waals surface area contributed by atoms with Crippen LogP contribution in [-0.2, 0) is 11.3 Å². The van der Waals surface area contributed by atoms with Crippen molar-refractivity contribution in [1.29, 1.82) is 0 Å². The molecule has 1 fully saturated rings. The molecule has 2 aromatic rings. The highest BCUT2D eigenvalue weighted by molar-refractivity contribution is 7.15. The Labute approximate surface area is 150 Å². The van der Waals surface area contributed by atoms with Gasteiger partial charge in [-0.15, -0.1) is 11.3 Å². The van der Waals surface area contributed by atoms with Gasteiger partial charge in [-0.3, -0.25) is 0 Å². The predicted molar refractivity (Wildman–Crippen MR) is 98.3 cm³/mol. The second-order valence-corrected chi connectivity index (χ2v) is 7.40. The number of nitrogens with zero attached hydrogens (tertiary/aromatic N) is 2. The van der Waals surface area contributed by atoms with E-state index in [2.05, 4.69) is 15.2 Å². The molecule has 1 N–H and O–H groups in total. The van der Waals surface area contributed by atoms with Crippen molar-refractivity contribution in [3.05, 3.63) is 39.3 Å². The molecule has 2 heterocycles. The standard InChI is InChI=1S/C17H20ClN3O2S/c1-23-16(22)12-5-6-14(19-10-13-11-20-17(18)24-13)15(9-12)21-7-3-2-4-8-21/h5-6,9,11,19H,2-4,7-8,10H2,1H3. The molecule has 0 bridgehead atoms. The summed E-state index contributed by atoms with van der Waals surface area (Å²) >= 11 is 7.35. The lowest BCUT2D eigenvalue weighted by atomic mass is 10.1. The number of ether oxygens (including phenoxy) is 1. The molecule has 3 rings (SSSR count). The number of carbonyl (C=O) groups is 1. The predicted octanol–water partition coefficient (Wildman–Crippen LogP) is 4.19. The number of hydrogen-bond donors (Lipinski definition) is 1. The molecule has 5 nitrogen and oxygen atoms in total. The Balaban J connectivity index is 1.84. The molecule has 24 heavy (non-hydrogen) atoms.